The Kier molecular flexibility index (Phi) is 3.52. The average molecular weight is 246 g/mol. The summed E-state index contributed by atoms with van der Waals surface area (Å²) >= 11 is 0. The number of rotatable bonds is 4. The Labute approximate surface area is 109 Å². The molecule has 3 heteroatoms. The summed E-state index contributed by atoms with van der Waals surface area (Å²) in [7, 11) is 2.05. The third kappa shape index (κ3) is 2.38. The van der Waals surface area contributed by atoms with Gasteiger partial charge in [-0.2, -0.15) is 0 Å². The van der Waals surface area contributed by atoms with Crippen LogP contribution in [0.5, 0.6) is 5.75 Å². The number of nitrogens with one attached hydrogen (secondary N) is 1. The van der Waals surface area contributed by atoms with Gasteiger partial charge in [0.25, 0.3) is 0 Å². The van der Waals surface area contributed by atoms with Crippen LogP contribution in [0.4, 0.5) is 0 Å². The van der Waals surface area contributed by atoms with Crippen LogP contribution in [0.2, 0.25) is 0 Å². The molecule has 1 aromatic carbocycles. The van der Waals surface area contributed by atoms with Crippen molar-refractivity contribution in [3.05, 3.63) is 29.8 Å². The van der Waals surface area contributed by atoms with Crippen LogP contribution in [0.15, 0.2) is 24.3 Å². The molecule has 18 heavy (non-hydrogen) atoms. The molecule has 0 aliphatic carbocycles. The summed E-state index contributed by atoms with van der Waals surface area (Å²) < 4.78 is 5.76. The summed E-state index contributed by atoms with van der Waals surface area (Å²) in [6.45, 7) is 5.63. The van der Waals surface area contributed by atoms with E-state index in [1.54, 1.807) is 0 Å². The molecule has 2 heterocycles. The molecule has 3 nitrogen and oxygen atoms in total. The van der Waals surface area contributed by atoms with E-state index in [1.807, 2.05) is 7.05 Å². The van der Waals surface area contributed by atoms with Crippen molar-refractivity contribution in [3.8, 4) is 5.75 Å². The third-order valence-electron chi connectivity index (χ3n) is 4.14. The number of fused-ring (bicyclic) bond motifs is 1. The second-order valence-corrected chi connectivity index (χ2v) is 5.52. The maximum atomic E-state index is 5.76. The second kappa shape index (κ2) is 5.29. The minimum Gasteiger partial charge on any atom is -0.493 e. The molecule has 3 rings (SSSR count). The van der Waals surface area contributed by atoms with Crippen LogP contribution < -0.4 is 10.1 Å². The standard InChI is InChI=1S/C15H22N2O/c1-16-8-12-6-7-17(9-12)10-13-11-18-15-5-3-2-4-14(13)15/h2-5,12-13,16H,6-11H2,1H3. The fourth-order valence-corrected chi connectivity index (χ4v) is 3.23. The maximum absolute atomic E-state index is 5.76. The van der Waals surface area contributed by atoms with Crippen molar-refractivity contribution >= 4 is 0 Å². The zero-order chi connectivity index (χ0) is 12.4. The molecule has 0 bridgehead atoms. The Balaban J connectivity index is 1.59. The smallest absolute Gasteiger partial charge is 0.122 e. The molecule has 98 valence electrons. The van der Waals surface area contributed by atoms with Crippen molar-refractivity contribution in [2.75, 3.05) is 39.8 Å². The lowest BCUT2D eigenvalue weighted by molar-refractivity contribution is 0.261. The van der Waals surface area contributed by atoms with Gasteiger partial charge in [0.2, 0.25) is 0 Å². The quantitative estimate of drug-likeness (QED) is 0.875. The number of hydrogen-bond donors (Lipinski definition) is 1. The lowest BCUT2D eigenvalue weighted by Gasteiger charge is -2.19. The van der Waals surface area contributed by atoms with E-state index in [0.29, 0.717) is 5.92 Å². The van der Waals surface area contributed by atoms with Gasteiger partial charge in [-0.25, -0.2) is 0 Å². The van der Waals surface area contributed by atoms with Crippen LogP contribution in [-0.4, -0.2) is 44.7 Å². The lowest BCUT2D eigenvalue weighted by atomic mass is 10.0. The second-order valence-electron chi connectivity index (χ2n) is 5.52. The Bertz CT molecular complexity index is 407. The SMILES string of the molecule is CNCC1CCN(CC2COc3ccccc32)C1. The Morgan fingerprint density at radius 1 is 1.39 bits per heavy atom. The van der Waals surface area contributed by atoms with Crippen LogP contribution in [0.3, 0.4) is 0 Å². The van der Waals surface area contributed by atoms with Crippen LogP contribution in [0.25, 0.3) is 0 Å². The van der Waals surface area contributed by atoms with Crippen molar-refractivity contribution in [2.24, 2.45) is 5.92 Å². The molecule has 2 unspecified atom stereocenters. The molecule has 2 aliphatic heterocycles. The molecular formula is C15H22N2O. The van der Waals surface area contributed by atoms with E-state index in [0.717, 1.165) is 31.4 Å². The largest absolute Gasteiger partial charge is 0.493 e. The fraction of sp³-hybridized carbons (Fsp3) is 0.600. The van der Waals surface area contributed by atoms with Crippen molar-refractivity contribution in [3.63, 3.8) is 0 Å². The normalized spacial score (nSPS) is 27.2. The molecule has 1 saturated heterocycles. The zero-order valence-electron chi connectivity index (χ0n) is 11.1. The summed E-state index contributed by atoms with van der Waals surface area (Å²) in [5, 5.41) is 3.29. The predicted molar refractivity (Wildman–Crippen MR) is 73.2 cm³/mol. The highest BCUT2D eigenvalue weighted by Crippen LogP contribution is 2.34. The van der Waals surface area contributed by atoms with E-state index < -0.39 is 0 Å². The Morgan fingerprint density at radius 3 is 3.17 bits per heavy atom. The Hall–Kier alpha value is -1.06. The fourth-order valence-electron chi connectivity index (χ4n) is 3.23. The first kappa shape index (κ1) is 12.0. The van der Waals surface area contributed by atoms with Crippen LogP contribution in [0.1, 0.15) is 17.9 Å². The minimum atomic E-state index is 0.564. The number of benzene rings is 1. The molecule has 0 amide bonds. The first-order chi connectivity index (χ1) is 8.86. The topological polar surface area (TPSA) is 24.5 Å². The van der Waals surface area contributed by atoms with E-state index in [2.05, 4.69) is 34.5 Å². The summed E-state index contributed by atoms with van der Waals surface area (Å²) in [4.78, 5) is 2.60. The van der Waals surface area contributed by atoms with Crippen molar-refractivity contribution < 1.29 is 4.74 Å². The molecule has 1 fully saturated rings. The van der Waals surface area contributed by atoms with E-state index in [1.165, 1.54) is 25.1 Å². The van der Waals surface area contributed by atoms with Crippen molar-refractivity contribution in [2.45, 2.75) is 12.3 Å². The first-order valence-corrected chi connectivity index (χ1v) is 6.95. The molecule has 1 aromatic rings. The van der Waals surface area contributed by atoms with E-state index in [9.17, 15) is 0 Å². The highest BCUT2D eigenvalue weighted by atomic mass is 16.5. The van der Waals surface area contributed by atoms with Crippen molar-refractivity contribution in [1.29, 1.82) is 0 Å². The van der Waals surface area contributed by atoms with Crippen LogP contribution in [-0.2, 0) is 0 Å². The Morgan fingerprint density at radius 2 is 2.28 bits per heavy atom. The molecule has 2 aliphatic rings. The number of para-hydroxylation sites is 1. The number of likely N-dealkylation sites (tertiary alicyclic amines) is 1. The number of hydrogen-bond acceptors (Lipinski definition) is 3. The van der Waals surface area contributed by atoms with E-state index >= 15 is 0 Å². The highest BCUT2D eigenvalue weighted by Gasteiger charge is 2.29. The van der Waals surface area contributed by atoms with Gasteiger partial charge in [0.05, 0.1) is 6.61 Å². The lowest BCUT2D eigenvalue weighted by Crippen LogP contribution is -2.29. The molecule has 1 N–H and O–H groups in total. The van der Waals surface area contributed by atoms with Gasteiger partial charge < -0.3 is 15.0 Å². The van der Waals surface area contributed by atoms with Crippen molar-refractivity contribution in [1.82, 2.24) is 10.2 Å². The molecule has 0 spiro atoms. The highest BCUT2D eigenvalue weighted by molar-refractivity contribution is 5.39. The summed E-state index contributed by atoms with van der Waals surface area (Å²) in [5.41, 5.74) is 1.40. The molecule has 0 aromatic heterocycles. The van der Waals surface area contributed by atoms with Gasteiger partial charge in [-0.05, 0) is 38.5 Å². The van der Waals surface area contributed by atoms with Crippen LogP contribution >= 0.6 is 0 Å². The molecule has 2 atom stereocenters. The summed E-state index contributed by atoms with van der Waals surface area (Å²) in [6.07, 6.45) is 1.33. The predicted octanol–water partition coefficient (Wildman–Crippen LogP) is 1.70. The number of nitrogens with zero attached hydrogens (tertiary/aromatic N) is 1. The summed E-state index contributed by atoms with van der Waals surface area (Å²) in [6, 6.07) is 8.48. The van der Waals surface area contributed by atoms with Gasteiger partial charge in [0.15, 0.2) is 0 Å². The average Bonchev–Trinajstić information content (AvgIpc) is 2.99. The molecule has 0 radical (unpaired) electrons. The number of ether oxygens (including phenoxy) is 1. The first-order valence-electron chi connectivity index (χ1n) is 6.95. The van der Waals surface area contributed by atoms with E-state index in [4.69, 9.17) is 4.74 Å². The van der Waals surface area contributed by atoms with E-state index in [-0.39, 0.29) is 0 Å². The minimum absolute atomic E-state index is 0.564. The van der Waals surface area contributed by atoms with Gasteiger partial charge in [0, 0.05) is 24.6 Å². The van der Waals surface area contributed by atoms with Gasteiger partial charge >= 0.3 is 0 Å². The molecular weight excluding hydrogens is 224 g/mol. The monoisotopic (exact) mass is 246 g/mol. The van der Waals surface area contributed by atoms with Gasteiger partial charge in [-0.1, -0.05) is 18.2 Å². The maximum Gasteiger partial charge on any atom is 0.122 e. The summed E-state index contributed by atoms with van der Waals surface area (Å²) in [5.74, 6) is 2.48. The van der Waals surface area contributed by atoms with Gasteiger partial charge in [-0.15, -0.1) is 0 Å². The molecule has 0 saturated carbocycles. The van der Waals surface area contributed by atoms with Gasteiger partial charge in [0.1, 0.15) is 5.75 Å². The van der Waals surface area contributed by atoms with Gasteiger partial charge in [-0.3, -0.25) is 0 Å². The third-order valence-corrected chi connectivity index (χ3v) is 4.14. The zero-order valence-corrected chi connectivity index (χ0v) is 11.1. The van der Waals surface area contributed by atoms with Crippen LogP contribution in [0, 0.1) is 5.92 Å².